The van der Waals surface area contributed by atoms with Gasteiger partial charge in [0.1, 0.15) is 0 Å². The lowest BCUT2D eigenvalue weighted by Gasteiger charge is -2.38. The van der Waals surface area contributed by atoms with Gasteiger partial charge in [0.25, 0.3) is 0 Å². The van der Waals surface area contributed by atoms with Gasteiger partial charge < -0.3 is 10.1 Å². The third kappa shape index (κ3) is 3.81. The Morgan fingerprint density at radius 3 is 3.14 bits per heavy atom. The average molecular weight is 287 g/mol. The first-order valence-electron chi connectivity index (χ1n) is 7.30. The van der Waals surface area contributed by atoms with E-state index in [2.05, 4.69) is 23.2 Å². The smallest absolute Gasteiger partial charge is 0.241 e. The topological polar surface area (TPSA) is 65.4 Å². The molecule has 0 bridgehead atoms. The molecule has 1 aliphatic heterocycles. The third-order valence-corrected chi connectivity index (χ3v) is 3.88. The number of nitrogens with one attached hydrogen (secondary N) is 1. The molecule has 1 aromatic rings. The zero-order valence-electron chi connectivity index (χ0n) is 12.5. The lowest BCUT2D eigenvalue weighted by atomic mass is 10.1. The van der Waals surface area contributed by atoms with Crippen LogP contribution in [0.1, 0.15) is 25.8 Å². The maximum Gasteiger partial charge on any atom is 0.241 e. The number of morpholine rings is 1. The van der Waals surface area contributed by atoms with Gasteiger partial charge in [-0.1, -0.05) is 13.0 Å². The van der Waals surface area contributed by atoms with E-state index < -0.39 is 0 Å². The molecular formula is C16H21N3O2. The van der Waals surface area contributed by atoms with Crippen LogP contribution < -0.4 is 5.32 Å². The largest absolute Gasteiger partial charge is 0.378 e. The van der Waals surface area contributed by atoms with Crippen LogP contribution in [0.4, 0.5) is 5.69 Å². The number of nitriles is 1. The van der Waals surface area contributed by atoms with Crippen LogP contribution in [0, 0.1) is 11.3 Å². The quantitative estimate of drug-likeness (QED) is 0.920. The number of carbonyl (C=O) groups is 1. The van der Waals surface area contributed by atoms with Crippen molar-refractivity contribution in [3.8, 4) is 6.07 Å². The summed E-state index contributed by atoms with van der Waals surface area (Å²) in [6.07, 6.45) is 0.960. The van der Waals surface area contributed by atoms with Crippen LogP contribution >= 0.6 is 0 Å². The van der Waals surface area contributed by atoms with E-state index in [4.69, 9.17) is 10.00 Å². The SMILES string of the molecule is CCC1COCCN1C(C)C(=O)Nc1cccc(C#N)c1. The molecule has 2 unspecified atom stereocenters. The molecule has 0 aromatic heterocycles. The molecule has 0 aliphatic carbocycles. The highest BCUT2D eigenvalue weighted by Crippen LogP contribution is 2.16. The number of amides is 1. The minimum atomic E-state index is -0.218. The van der Waals surface area contributed by atoms with Gasteiger partial charge in [-0.2, -0.15) is 5.26 Å². The van der Waals surface area contributed by atoms with Crippen molar-refractivity contribution < 1.29 is 9.53 Å². The Morgan fingerprint density at radius 2 is 2.43 bits per heavy atom. The van der Waals surface area contributed by atoms with Gasteiger partial charge in [-0.05, 0) is 31.5 Å². The second-order valence-corrected chi connectivity index (χ2v) is 5.23. The van der Waals surface area contributed by atoms with Gasteiger partial charge in [0.2, 0.25) is 5.91 Å². The van der Waals surface area contributed by atoms with Gasteiger partial charge in [0, 0.05) is 18.3 Å². The first-order valence-corrected chi connectivity index (χ1v) is 7.30. The van der Waals surface area contributed by atoms with Gasteiger partial charge in [-0.15, -0.1) is 0 Å². The van der Waals surface area contributed by atoms with E-state index in [1.54, 1.807) is 24.3 Å². The molecule has 5 nitrogen and oxygen atoms in total. The van der Waals surface area contributed by atoms with Crippen molar-refractivity contribution in [2.45, 2.75) is 32.4 Å². The summed E-state index contributed by atoms with van der Waals surface area (Å²) < 4.78 is 5.47. The maximum absolute atomic E-state index is 12.4. The molecule has 2 atom stereocenters. The van der Waals surface area contributed by atoms with E-state index in [-0.39, 0.29) is 18.0 Å². The molecule has 112 valence electrons. The van der Waals surface area contributed by atoms with E-state index in [9.17, 15) is 4.79 Å². The fourth-order valence-corrected chi connectivity index (χ4v) is 2.59. The molecule has 1 aromatic carbocycles. The molecule has 0 saturated carbocycles. The standard InChI is InChI=1S/C16H21N3O2/c1-3-15-11-21-8-7-19(15)12(2)16(20)18-14-6-4-5-13(9-14)10-17/h4-6,9,12,15H,3,7-8,11H2,1-2H3,(H,18,20). The number of hydrogen-bond donors (Lipinski definition) is 1. The summed E-state index contributed by atoms with van der Waals surface area (Å²) in [6.45, 7) is 6.13. The van der Waals surface area contributed by atoms with E-state index in [1.165, 1.54) is 0 Å². The molecular weight excluding hydrogens is 266 g/mol. The molecule has 1 amide bonds. The van der Waals surface area contributed by atoms with Crippen molar-refractivity contribution in [2.24, 2.45) is 0 Å². The van der Waals surface area contributed by atoms with Crippen molar-refractivity contribution in [2.75, 3.05) is 25.1 Å². The van der Waals surface area contributed by atoms with Gasteiger partial charge in [-0.3, -0.25) is 9.69 Å². The van der Waals surface area contributed by atoms with Crippen molar-refractivity contribution in [3.05, 3.63) is 29.8 Å². The normalized spacial score (nSPS) is 20.5. The fourth-order valence-electron chi connectivity index (χ4n) is 2.59. The van der Waals surface area contributed by atoms with Gasteiger partial charge in [0.05, 0.1) is 30.9 Å². The Labute approximate surface area is 125 Å². The monoisotopic (exact) mass is 287 g/mol. The van der Waals surface area contributed by atoms with Gasteiger partial charge in [-0.25, -0.2) is 0 Å². The lowest BCUT2D eigenvalue weighted by Crippen LogP contribution is -2.53. The molecule has 5 heteroatoms. The van der Waals surface area contributed by atoms with Crippen molar-refractivity contribution in [1.29, 1.82) is 5.26 Å². The van der Waals surface area contributed by atoms with Crippen LogP contribution in [-0.2, 0) is 9.53 Å². The predicted octanol–water partition coefficient (Wildman–Crippen LogP) is 2.00. The Balaban J connectivity index is 2.03. The molecule has 1 fully saturated rings. The van der Waals surface area contributed by atoms with Crippen LogP contribution in [-0.4, -0.2) is 42.6 Å². The number of nitrogens with zero attached hydrogens (tertiary/aromatic N) is 2. The first kappa shape index (κ1) is 15.5. The number of anilines is 1. The highest BCUT2D eigenvalue weighted by atomic mass is 16.5. The van der Waals surface area contributed by atoms with Crippen LogP contribution in [0.25, 0.3) is 0 Å². The van der Waals surface area contributed by atoms with Crippen LogP contribution in [0.3, 0.4) is 0 Å². The van der Waals surface area contributed by atoms with Gasteiger partial charge in [0.15, 0.2) is 0 Å². The zero-order valence-corrected chi connectivity index (χ0v) is 12.5. The summed E-state index contributed by atoms with van der Waals surface area (Å²) in [6, 6.07) is 9.09. The number of rotatable bonds is 4. The van der Waals surface area contributed by atoms with E-state index in [0.717, 1.165) is 13.0 Å². The van der Waals surface area contributed by atoms with Gasteiger partial charge >= 0.3 is 0 Å². The minimum Gasteiger partial charge on any atom is -0.378 e. The zero-order chi connectivity index (χ0) is 15.2. The summed E-state index contributed by atoms with van der Waals surface area (Å²) >= 11 is 0. The van der Waals surface area contributed by atoms with E-state index in [0.29, 0.717) is 24.5 Å². The summed E-state index contributed by atoms with van der Waals surface area (Å²) in [5.74, 6) is -0.0505. The number of carbonyl (C=O) groups excluding carboxylic acids is 1. The summed E-state index contributed by atoms with van der Waals surface area (Å²) in [5, 5.41) is 11.8. The number of benzene rings is 1. The number of ether oxygens (including phenoxy) is 1. The summed E-state index contributed by atoms with van der Waals surface area (Å²) in [4.78, 5) is 14.6. The Morgan fingerprint density at radius 1 is 1.62 bits per heavy atom. The highest BCUT2D eigenvalue weighted by Gasteiger charge is 2.29. The molecule has 21 heavy (non-hydrogen) atoms. The van der Waals surface area contributed by atoms with Crippen LogP contribution in [0.15, 0.2) is 24.3 Å². The number of hydrogen-bond acceptors (Lipinski definition) is 4. The molecule has 1 N–H and O–H groups in total. The Kier molecular flexibility index (Phi) is 5.32. The molecule has 1 aliphatic rings. The maximum atomic E-state index is 12.4. The fraction of sp³-hybridized carbons (Fsp3) is 0.500. The molecule has 1 heterocycles. The molecule has 0 radical (unpaired) electrons. The lowest BCUT2D eigenvalue weighted by molar-refractivity contribution is -0.124. The second-order valence-electron chi connectivity index (χ2n) is 5.23. The second kappa shape index (κ2) is 7.21. The predicted molar refractivity (Wildman–Crippen MR) is 80.9 cm³/mol. The van der Waals surface area contributed by atoms with Crippen LogP contribution in [0.5, 0.6) is 0 Å². The van der Waals surface area contributed by atoms with Crippen molar-refractivity contribution >= 4 is 11.6 Å². The molecule has 1 saturated heterocycles. The first-order chi connectivity index (χ1) is 10.2. The molecule has 0 spiro atoms. The minimum absolute atomic E-state index is 0.0505. The van der Waals surface area contributed by atoms with E-state index in [1.807, 2.05) is 6.92 Å². The summed E-state index contributed by atoms with van der Waals surface area (Å²) in [7, 11) is 0. The Hall–Kier alpha value is -1.90. The highest BCUT2D eigenvalue weighted by molar-refractivity contribution is 5.94. The molecule has 2 rings (SSSR count). The summed E-state index contributed by atoms with van der Waals surface area (Å²) in [5.41, 5.74) is 1.20. The van der Waals surface area contributed by atoms with Crippen molar-refractivity contribution in [3.63, 3.8) is 0 Å². The average Bonchev–Trinajstić information content (AvgIpc) is 2.54. The van der Waals surface area contributed by atoms with Crippen LogP contribution in [0.2, 0.25) is 0 Å². The Bertz CT molecular complexity index is 539. The van der Waals surface area contributed by atoms with Crippen molar-refractivity contribution in [1.82, 2.24) is 4.90 Å². The van der Waals surface area contributed by atoms with E-state index >= 15 is 0 Å². The third-order valence-electron chi connectivity index (χ3n) is 3.88.